The third-order valence-corrected chi connectivity index (χ3v) is 6.17. The molecule has 1 aromatic heterocycles. The summed E-state index contributed by atoms with van der Waals surface area (Å²) in [6.45, 7) is 1.01. The van der Waals surface area contributed by atoms with Gasteiger partial charge in [-0.25, -0.2) is 4.99 Å². The molecule has 1 fully saturated rings. The van der Waals surface area contributed by atoms with E-state index in [1.165, 1.54) is 31.0 Å². The van der Waals surface area contributed by atoms with Crippen molar-refractivity contribution in [2.45, 2.75) is 6.42 Å². The SMILES string of the molecule is COCCCN1C(=O)/C(=C\c2ccc(-c3ccc([N+](=O)[O-])cc3OC)o2)SC1=Nc1ccccc1. The van der Waals surface area contributed by atoms with E-state index >= 15 is 0 Å². The van der Waals surface area contributed by atoms with Gasteiger partial charge in [0.05, 0.1) is 34.3 Å². The molecule has 1 aliphatic heterocycles. The first kappa shape index (κ1) is 24.2. The monoisotopic (exact) mass is 493 g/mol. The molecule has 0 N–H and O–H groups in total. The van der Waals surface area contributed by atoms with E-state index in [-0.39, 0.29) is 11.6 Å². The number of rotatable bonds is 9. The lowest BCUT2D eigenvalue weighted by molar-refractivity contribution is -0.384. The van der Waals surface area contributed by atoms with Gasteiger partial charge in [-0.3, -0.25) is 19.8 Å². The number of furan rings is 1. The van der Waals surface area contributed by atoms with Gasteiger partial charge >= 0.3 is 0 Å². The molecular formula is C25H23N3O6S. The highest BCUT2D eigenvalue weighted by Crippen LogP contribution is 2.37. The number of amides is 1. The van der Waals surface area contributed by atoms with Crippen LogP contribution in [0.4, 0.5) is 11.4 Å². The molecular weight excluding hydrogens is 470 g/mol. The van der Waals surface area contributed by atoms with E-state index in [1.54, 1.807) is 36.3 Å². The standard InChI is InChI=1S/C25H23N3O6S/c1-32-14-6-13-27-24(29)23(35-25(27)26-17-7-4-3-5-8-17)16-19-10-12-21(34-19)20-11-9-18(28(30)31)15-22(20)33-2/h3-5,7-12,15-16H,6,13-14H2,1-2H3/b23-16+,26-25?. The van der Waals surface area contributed by atoms with Gasteiger partial charge in [-0.05, 0) is 48.5 Å². The molecule has 0 saturated carbocycles. The third kappa shape index (κ3) is 5.61. The van der Waals surface area contributed by atoms with Crippen molar-refractivity contribution in [1.82, 2.24) is 4.90 Å². The van der Waals surface area contributed by atoms with Gasteiger partial charge in [0.15, 0.2) is 5.17 Å². The van der Waals surface area contributed by atoms with Crippen molar-refractivity contribution in [2.24, 2.45) is 4.99 Å². The molecule has 3 aromatic rings. The van der Waals surface area contributed by atoms with Gasteiger partial charge in [0.25, 0.3) is 11.6 Å². The topological polar surface area (TPSA) is 107 Å². The molecule has 4 rings (SSSR count). The number of benzene rings is 2. The molecule has 35 heavy (non-hydrogen) atoms. The molecule has 0 spiro atoms. The molecule has 0 bridgehead atoms. The van der Waals surface area contributed by atoms with Gasteiger partial charge in [-0.1, -0.05) is 18.2 Å². The molecule has 2 aromatic carbocycles. The number of carbonyl (C=O) groups excluding carboxylic acids is 1. The fraction of sp³-hybridized carbons (Fsp3) is 0.200. The average molecular weight is 494 g/mol. The minimum Gasteiger partial charge on any atom is -0.496 e. The maximum absolute atomic E-state index is 13.2. The first-order chi connectivity index (χ1) is 17.0. The van der Waals surface area contributed by atoms with Crippen LogP contribution in [0.5, 0.6) is 5.75 Å². The lowest BCUT2D eigenvalue weighted by Gasteiger charge is -2.15. The van der Waals surface area contributed by atoms with Crippen LogP contribution in [0.1, 0.15) is 12.2 Å². The highest BCUT2D eigenvalue weighted by atomic mass is 32.2. The van der Waals surface area contributed by atoms with Crippen molar-refractivity contribution in [1.29, 1.82) is 0 Å². The van der Waals surface area contributed by atoms with Crippen LogP contribution in [0.15, 0.2) is 75.0 Å². The first-order valence-electron chi connectivity index (χ1n) is 10.8. The third-order valence-electron chi connectivity index (χ3n) is 5.16. The van der Waals surface area contributed by atoms with Crippen molar-refractivity contribution in [3.63, 3.8) is 0 Å². The maximum atomic E-state index is 13.2. The summed E-state index contributed by atoms with van der Waals surface area (Å²) in [5, 5.41) is 11.7. The Balaban J connectivity index is 1.62. The number of thioether (sulfide) groups is 1. The number of hydrogen-bond acceptors (Lipinski definition) is 8. The summed E-state index contributed by atoms with van der Waals surface area (Å²) in [6, 6.07) is 17.2. The number of nitrogens with zero attached hydrogens (tertiary/aromatic N) is 3. The van der Waals surface area contributed by atoms with Gasteiger partial charge in [0, 0.05) is 32.4 Å². The minimum absolute atomic E-state index is 0.0775. The Hall–Kier alpha value is -3.89. The molecule has 10 heteroatoms. The minimum atomic E-state index is -0.486. The number of aliphatic imine (C=N–C) groups is 1. The summed E-state index contributed by atoms with van der Waals surface area (Å²) < 4.78 is 16.4. The number of para-hydroxylation sites is 1. The molecule has 0 unspecified atom stereocenters. The predicted molar refractivity (Wildman–Crippen MR) is 135 cm³/mol. The number of carbonyl (C=O) groups is 1. The molecule has 0 aliphatic carbocycles. The maximum Gasteiger partial charge on any atom is 0.273 e. The second kappa shape index (κ2) is 11.0. The molecule has 1 saturated heterocycles. The number of nitro benzene ring substituents is 1. The van der Waals surface area contributed by atoms with Gasteiger partial charge < -0.3 is 13.9 Å². The van der Waals surface area contributed by atoms with Crippen LogP contribution < -0.4 is 4.74 Å². The predicted octanol–water partition coefficient (Wildman–Crippen LogP) is 5.50. The van der Waals surface area contributed by atoms with E-state index in [0.717, 1.165) is 5.69 Å². The Labute approximate surface area is 206 Å². The van der Waals surface area contributed by atoms with Crippen molar-refractivity contribution < 1.29 is 23.6 Å². The highest BCUT2D eigenvalue weighted by molar-refractivity contribution is 8.18. The van der Waals surface area contributed by atoms with Crippen molar-refractivity contribution >= 4 is 40.3 Å². The lowest BCUT2D eigenvalue weighted by atomic mass is 10.1. The fourth-order valence-electron chi connectivity index (χ4n) is 3.47. The van der Waals surface area contributed by atoms with Crippen molar-refractivity contribution in [3.05, 3.63) is 81.4 Å². The van der Waals surface area contributed by atoms with E-state index in [4.69, 9.17) is 13.9 Å². The summed E-state index contributed by atoms with van der Waals surface area (Å²) >= 11 is 1.28. The zero-order valence-corrected chi connectivity index (χ0v) is 20.0. The van der Waals surface area contributed by atoms with Gasteiger partial charge in [-0.15, -0.1) is 0 Å². The first-order valence-corrected chi connectivity index (χ1v) is 11.6. The summed E-state index contributed by atoms with van der Waals surface area (Å²) in [4.78, 5) is 30.5. The zero-order chi connectivity index (χ0) is 24.8. The Morgan fingerprint density at radius 1 is 1.14 bits per heavy atom. The van der Waals surface area contributed by atoms with Gasteiger partial charge in [0.1, 0.15) is 17.3 Å². The number of amidine groups is 1. The summed E-state index contributed by atoms with van der Waals surface area (Å²) in [6.07, 6.45) is 2.35. The van der Waals surface area contributed by atoms with Gasteiger partial charge in [-0.2, -0.15) is 0 Å². The number of non-ortho nitro benzene ring substituents is 1. The number of nitro groups is 1. The Bertz CT molecular complexity index is 1290. The van der Waals surface area contributed by atoms with Crippen molar-refractivity contribution in [3.8, 4) is 17.1 Å². The van der Waals surface area contributed by atoms with Crippen molar-refractivity contribution in [2.75, 3.05) is 27.4 Å². The quantitative estimate of drug-likeness (QED) is 0.168. The van der Waals surface area contributed by atoms with E-state index in [2.05, 4.69) is 4.99 Å². The number of ether oxygens (including phenoxy) is 2. The zero-order valence-electron chi connectivity index (χ0n) is 19.2. The van der Waals surface area contributed by atoms with E-state index in [0.29, 0.717) is 52.5 Å². The molecule has 2 heterocycles. The number of methoxy groups -OCH3 is 2. The normalized spacial score (nSPS) is 15.8. The van der Waals surface area contributed by atoms with Crippen LogP contribution in [-0.4, -0.2) is 48.3 Å². The second-order valence-corrected chi connectivity index (χ2v) is 8.50. The molecule has 1 amide bonds. The van der Waals surface area contributed by atoms with Crippen LogP contribution in [0.3, 0.4) is 0 Å². The van der Waals surface area contributed by atoms with E-state index < -0.39 is 4.92 Å². The Morgan fingerprint density at radius 3 is 2.66 bits per heavy atom. The van der Waals surface area contributed by atoms with Crippen LogP contribution in [0.2, 0.25) is 0 Å². The second-order valence-electron chi connectivity index (χ2n) is 7.49. The average Bonchev–Trinajstić information content (AvgIpc) is 3.44. The summed E-state index contributed by atoms with van der Waals surface area (Å²) in [5.74, 6) is 1.09. The van der Waals surface area contributed by atoms with Crippen LogP contribution in [0, 0.1) is 10.1 Å². The summed E-state index contributed by atoms with van der Waals surface area (Å²) in [5.41, 5.74) is 1.25. The summed E-state index contributed by atoms with van der Waals surface area (Å²) in [7, 11) is 3.06. The molecule has 0 radical (unpaired) electrons. The van der Waals surface area contributed by atoms with Gasteiger partial charge in [0.2, 0.25) is 0 Å². The fourth-order valence-corrected chi connectivity index (χ4v) is 4.47. The van der Waals surface area contributed by atoms with Crippen LogP contribution in [-0.2, 0) is 9.53 Å². The Morgan fingerprint density at radius 2 is 1.94 bits per heavy atom. The Kier molecular flexibility index (Phi) is 7.64. The largest absolute Gasteiger partial charge is 0.496 e. The molecule has 0 atom stereocenters. The molecule has 9 nitrogen and oxygen atoms in total. The number of hydrogen-bond donors (Lipinski definition) is 0. The molecule has 1 aliphatic rings. The lowest BCUT2D eigenvalue weighted by Crippen LogP contribution is -2.30. The van der Waals surface area contributed by atoms with E-state index in [9.17, 15) is 14.9 Å². The molecule has 180 valence electrons. The van der Waals surface area contributed by atoms with Crippen LogP contribution in [0.25, 0.3) is 17.4 Å². The highest BCUT2D eigenvalue weighted by Gasteiger charge is 2.33. The van der Waals surface area contributed by atoms with Crippen LogP contribution >= 0.6 is 11.8 Å². The van der Waals surface area contributed by atoms with E-state index in [1.807, 2.05) is 30.3 Å². The smallest absolute Gasteiger partial charge is 0.273 e.